The minimum Gasteiger partial charge on any atom is -0.508 e. The minimum atomic E-state index is -5.13. The summed E-state index contributed by atoms with van der Waals surface area (Å²) in [7, 11) is 3.17. The number of nitrogens with one attached hydrogen (secondary N) is 2. The van der Waals surface area contributed by atoms with Crippen molar-refractivity contribution in [1.82, 2.24) is 0 Å². The molecule has 0 aromatic heterocycles. The van der Waals surface area contributed by atoms with Crippen molar-refractivity contribution >= 4 is 57.6 Å². The number of ketones is 2. The summed E-state index contributed by atoms with van der Waals surface area (Å²) >= 11 is 5.12. The van der Waals surface area contributed by atoms with Crippen LogP contribution in [0.2, 0.25) is 0 Å². The van der Waals surface area contributed by atoms with E-state index in [0.29, 0.717) is 23.4 Å². The molecule has 0 heterocycles. The van der Waals surface area contributed by atoms with Gasteiger partial charge in [-0.3, -0.25) is 14.4 Å². The Morgan fingerprint density at radius 1 is 0.979 bits per heavy atom. The van der Waals surface area contributed by atoms with Crippen molar-refractivity contribution in [1.29, 1.82) is 0 Å². The van der Waals surface area contributed by atoms with Gasteiger partial charge >= 0.3 is 12.4 Å². The minimum absolute atomic E-state index is 0.0249. The van der Waals surface area contributed by atoms with Crippen LogP contribution in [0.15, 0.2) is 41.2 Å². The number of anilines is 3. The lowest BCUT2D eigenvalue weighted by Gasteiger charge is -2.46. The summed E-state index contributed by atoms with van der Waals surface area (Å²) in [4.78, 5) is 39.8. The molecule has 1 fully saturated rings. The number of amides is 1. The maximum absolute atomic E-state index is 13.8. The van der Waals surface area contributed by atoms with E-state index < -0.39 is 104 Å². The summed E-state index contributed by atoms with van der Waals surface area (Å²) in [6.45, 7) is 0. The van der Waals surface area contributed by atoms with E-state index in [9.17, 15) is 61.2 Å². The highest BCUT2D eigenvalue weighted by molar-refractivity contribution is 7.80. The number of hydrogen-bond acceptors (Lipinski definition) is 9. The molecule has 0 saturated heterocycles. The Hall–Kier alpha value is -4.84. The van der Waals surface area contributed by atoms with E-state index in [1.807, 2.05) is 0 Å². The second-order valence-corrected chi connectivity index (χ2v) is 12.2. The molecule has 1 amide bonds. The standard InChI is InChI=1S/C30H26F6N4O7S/c1-40(2)17-9-16(39-27(48)38-14-6-12(29(31,32)33)5-13(7-14)30(34,35)36)22(42)20-15(17)4-10-3-11-8-18(41)21(26(37)46)25(45)28(11,47)24(44)19(10)23(20)43/h5-7,9-11,42-43,45,47H,3-4,8H2,1-2H3,(H2,37,46)(H2,38,39,48)/t10-,11+,28+/m1/s1. The molecule has 2 aromatic carbocycles. The van der Waals surface area contributed by atoms with E-state index in [0.717, 1.165) is 0 Å². The third-order valence-electron chi connectivity index (χ3n) is 8.62. The lowest BCUT2D eigenvalue weighted by Crippen LogP contribution is -2.58. The van der Waals surface area contributed by atoms with Crippen molar-refractivity contribution in [3.63, 3.8) is 0 Å². The highest BCUT2D eigenvalue weighted by Crippen LogP contribution is 2.54. The number of nitrogens with zero attached hydrogens (tertiary/aromatic N) is 1. The Morgan fingerprint density at radius 2 is 1.56 bits per heavy atom. The molecule has 11 nitrogen and oxygen atoms in total. The van der Waals surface area contributed by atoms with Gasteiger partial charge in [0, 0.05) is 43.4 Å². The van der Waals surface area contributed by atoms with Crippen LogP contribution in [0.1, 0.15) is 35.1 Å². The van der Waals surface area contributed by atoms with Crippen LogP contribution in [0.4, 0.5) is 43.4 Å². The van der Waals surface area contributed by atoms with Gasteiger partial charge < -0.3 is 41.7 Å². The molecule has 0 radical (unpaired) electrons. The van der Waals surface area contributed by atoms with E-state index >= 15 is 0 Å². The molecular weight excluding hydrogens is 674 g/mol. The van der Waals surface area contributed by atoms with Gasteiger partial charge in [-0.25, -0.2) is 0 Å². The van der Waals surface area contributed by atoms with Crippen molar-refractivity contribution in [2.75, 3.05) is 29.6 Å². The van der Waals surface area contributed by atoms with Crippen LogP contribution in [0.5, 0.6) is 5.75 Å². The predicted molar refractivity (Wildman–Crippen MR) is 162 cm³/mol. The molecule has 18 heteroatoms. The zero-order valence-electron chi connectivity index (χ0n) is 24.8. The summed E-state index contributed by atoms with van der Waals surface area (Å²) in [6.07, 6.45) is -10.9. The van der Waals surface area contributed by atoms with Gasteiger partial charge in [0.1, 0.15) is 22.8 Å². The van der Waals surface area contributed by atoms with Gasteiger partial charge in [0.05, 0.1) is 22.4 Å². The fraction of sp³-hybridized carbons (Fsp3) is 0.333. The van der Waals surface area contributed by atoms with Gasteiger partial charge in [0.15, 0.2) is 16.5 Å². The third kappa shape index (κ3) is 5.57. The number of carbonyl (C=O) groups excluding carboxylic acids is 3. The third-order valence-corrected chi connectivity index (χ3v) is 8.82. The van der Waals surface area contributed by atoms with Crippen LogP contribution in [0.3, 0.4) is 0 Å². The van der Waals surface area contributed by atoms with Crippen molar-refractivity contribution in [2.24, 2.45) is 17.6 Å². The normalized spacial score (nSPS) is 22.5. The zero-order chi connectivity index (χ0) is 35.8. The molecule has 3 aliphatic rings. The van der Waals surface area contributed by atoms with Crippen LogP contribution in [-0.4, -0.2) is 62.7 Å². The average Bonchev–Trinajstić information content (AvgIpc) is 2.94. The predicted octanol–water partition coefficient (Wildman–Crippen LogP) is 4.34. The first-order valence-electron chi connectivity index (χ1n) is 14.0. The Kier molecular flexibility index (Phi) is 8.19. The summed E-state index contributed by atoms with van der Waals surface area (Å²) in [5.74, 6) is -8.30. The fourth-order valence-electron chi connectivity index (χ4n) is 6.48. The number of aromatic hydroxyl groups is 1. The van der Waals surface area contributed by atoms with Crippen LogP contribution in [0.25, 0.3) is 5.76 Å². The Bertz CT molecular complexity index is 1840. The molecule has 5 rings (SSSR count). The van der Waals surface area contributed by atoms with E-state index in [4.69, 9.17) is 18.0 Å². The number of alkyl halides is 6. The number of phenols is 1. The number of primary amides is 1. The first-order valence-corrected chi connectivity index (χ1v) is 14.4. The summed E-state index contributed by atoms with van der Waals surface area (Å²) in [5, 5.41) is 49.1. The number of aliphatic hydroxyl groups is 3. The number of halogens is 6. The summed E-state index contributed by atoms with van der Waals surface area (Å²) in [5.41, 5.74) is -2.83. The number of aliphatic hydroxyl groups excluding tert-OH is 2. The second kappa shape index (κ2) is 11.4. The van der Waals surface area contributed by atoms with Crippen molar-refractivity contribution in [3.8, 4) is 5.75 Å². The number of carbonyl (C=O) groups is 3. The molecule has 3 aliphatic carbocycles. The molecule has 8 N–H and O–H groups in total. The maximum atomic E-state index is 13.8. The van der Waals surface area contributed by atoms with Crippen molar-refractivity contribution in [3.05, 3.63) is 63.4 Å². The molecule has 0 unspecified atom stereocenters. The molecule has 0 aliphatic heterocycles. The molecule has 3 atom stereocenters. The second-order valence-electron chi connectivity index (χ2n) is 11.8. The molecule has 1 saturated carbocycles. The van der Waals surface area contributed by atoms with E-state index in [-0.39, 0.29) is 30.2 Å². The van der Waals surface area contributed by atoms with Crippen LogP contribution in [0, 0.1) is 11.8 Å². The number of Topliss-reactive ketones (excluding diaryl/α,β-unsaturated/α-hetero) is 2. The lowest BCUT2D eigenvalue weighted by atomic mass is 9.59. The number of hydrogen-bond donors (Lipinski definition) is 7. The smallest absolute Gasteiger partial charge is 0.416 e. The average molecular weight is 701 g/mol. The highest BCUT2D eigenvalue weighted by atomic mass is 32.1. The Balaban J connectivity index is 1.57. The quantitative estimate of drug-likeness (QED) is 0.104. The molecular formula is C30H26F6N4O7S. The molecule has 0 bridgehead atoms. The topological polar surface area (TPSA) is 185 Å². The van der Waals surface area contributed by atoms with Gasteiger partial charge in [-0.05, 0) is 60.8 Å². The largest absolute Gasteiger partial charge is 0.508 e. The number of fused-ring (bicyclic) bond motifs is 3. The first kappa shape index (κ1) is 34.5. The SMILES string of the molecule is CN(C)c1cc(NC(=S)Nc2cc(C(F)(F)F)cc(C(F)(F)F)c2)c(O)c2c1C[C@H]1C[C@H]3CC(=O)C(C(N)=O)=C(O)[C@@]3(O)C(=O)C1=C2O. The van der Waals surface area contributed by atoms with Gasteiger partial charge in [-0.2, -0.15) is 26.3 Å². The number of benzene rings is 2. The number of rotatable bonds is 4. The van der Waals surface area contributed by atoms with E-state index in [2.05, 4.69) is 10.6 Å². The monoisotopic (exact) mass is 700 g/mol. The number of phenolic OH excluding ortho intramolecular Hbond substituents is 1. The van der Waals surface area contributed by atoms with Gasteiger partial charge in [-0.1, -0.05) is 0 Å². The molecule has 48 heavy (non-hydrogen) atoms. The lowest BCUT2D eigenvalue weighted by molar-refractivity contribution is -0.148. The summed E-state index contributed by atoms with van der Waals surface area (Å²) < 4.78 is 80.1. The number of nitrogens with two attached hydrogens (primary N) is 1. The highest BCUT2D eigenvalue weighted by Gasteiger charge is 2.60. The molecule has 2 aromatic rings. The first-order chi connectivity index (χ1) is 22.1. The molecule has 0 spiro atoms. The van der Waals surface area contributed by atoms with Gasteiger partial charge in [-0.15, -0.1) is 0 Å². The van der Waals surface area contributed by atoms with E-state index in [1.165, 1.54) is 6.07 Å². The molecule has 256 valence electrons. The van der Waals surface area contributed by atoms with Crippen molar-refractivity contribution in [2.45, 2.75) is 37.2 Å². The van der Waals surface area contributed by atoms with Gasteiger partial charge in [0.25, 0.3) is 5.91 Å². The summed E-state index contributed by atoms with van der Waals surface area (Å²) in [6, 6.07) is 2.07. The zero-order valence-corrected chi connectivity index (χ0v) is 25.6. The van der Waals surface area contributed by atoms with E-state index in [1.54, 1.807) is 19.0 Å². The van der Waals surface area contributed by atoms with Crippen LogP contribution < -0.4 is 21.3 Å². The van der Waals surface area contributed by atoms with Crippen molar-refractivity contribution < 1.29 is 61.2 Å². The Morgan fingerprint density at radius 3 is 2.08 bits per heavy atom. The number of thiocarbonyl (C=S) groups is 1. The Labute approximate surface area is 272 Å². The van der Waals surface area contributed by atoms with Crippen LogP contribution >= 0.6 is 12.2 Å². The van der Waals surface area contributed by atoms with Gasteiger partial charge in [0.2, 0.25) is 5.78 Å². The fourth-order valence-corrected chi connectivity index (χ4v) is 6.70. The maximum Gasteiger partial charge on any atom is 0.416 e. The van der Waals surface area contributed by atoms with Crippen LogP contribution in [-0.2, 0) is 33.2 Å².